The molecule has 0 aromatic rings. The van der Waals surface area contributed by atoms with Gasteiger partial charge in [-0.15, -0.1) is 0 Å². The molecule has 0 saturated carbocycles. The summed E-state index contributed by atoms with van der Waals surface area (Å²) in [4.78, 5) is 21.8. The highest BCUT2D eigenvalue weighted by Gasteiger charge is 2.09. The zero-order valence-corrected chi connectivity index (χ0v) is 7.62. The third kappa shape index (κ3) is 1.79. The molecule has 0 unspecified atom stereocenters. The Morgan fingerprint density at radius 1 is 1.00 bits per heavy atom. The highest BCUT2D eigenvalue weighted by molar-refractivity contribution is 5.94. The van der Waals surface area contributed by atoms with Crippen molar-refractivity contribution in [2.45, 2.75) is 12.8 Å². The van der Waals surface area contributed by atoms with Crippen LogP contribution in [-0.4, -0.2) is 11.6 Å². The third-order valence-electron chi connectivity index (χ3n) is 2.18. The fraction of sp³-hybridized carbons (Fsp3) is 0.167. The van der Waals surface area contributed by atoms with E-state index < -0.39 is 0 Å². The van der Waals surface area contributed by atoms with Crippen LogP contribution in [0, 0.1) is 6.08 Å². The van der Waals surface area contributed by atoms with Crippen molar-refractivity contribution in [3.63, 3.8) is 0 Å². The van der Waals surface area contributed by atoms with Gasteiger partial charge in [0.1, 0.15) is 0 Å². The fourth-order valence-electron chi connectivity index (χ4n) is 1.41. The van der Waals surface area contributed by atoms with Crippen molar-refractivity contribution in [3.8, 4) is 0 Å². The molecule has 1 radical (unpaired) electrons. The summed E-state index contributed by atoms with van der Waals surface area (Å²) in [6, 6.07) is 0. The molecule has 2 heteroatoms. The van der Waals surface area contributed by atoms with Gasteiger partial charge in [-0.1, -0.05) is 18.2 Å². The maximum atomic E-state index is 10.9. The molecule has 0 spiro atoms. The van der Waals surface area contributed by atoms with Crippen molar-refractivity contribution in [2.24, 2.45) is 0 Å². The topological polar surface area (TPSA) is 34.1 Å². The lowest BCUT2D eigenvalue weighted by atomic mass is 9.95. The number of rotatable bonds is 1. The molecule has 0 aromatic heterocycles. The Bertz CT molecular complexity index is 366. The van der Waals surface area contributed by atoms with Crippen molar-refractivity contribution >= 4 is 11.6 Å². The van der Waals surface area contributed by atoms with Crippen molar-refractivity contribution < 1.29 is 9.59 Å². The zero-order valence-electron chi connectivity index (χ0n) is 7.62. The summed E-state index contributed by atoms with van der Waals surface area (Å²) in [6.45, 7) is 0. The van der Waals surface area contributed by atoms with Gasteiger partial charge >= 0.3 is 0 Å². The van der Waals surface area contributed by atoms with Crippen LogP contribution in [0.15, 0.2) is 41.5 Å². The van der Waals surface area contributed by atoms with Crippen LogP contribution in [-0.2, 0) is 9.59 Å². The molecule has 0 amide bonds. The molecule has 0 heterocycles. The van der Waals surface area contributed by atoms with Gasteiger partial charge in [0, 0.05) is 12.8 Å². The lowest BCUT2D eigenvalue weighted by molar-refractivity contribution is -0.114. The molecule has 2 aliphatic rings. The molecule has 0 N–H and O–H groups in total. The van der Waals surface area contributed by atoms with Crippen molar-refractivity contribution in [1.29, 1.82) is 0 Å². The first-order valence-electron chi connectivity index (χ1n) is 4.50. The first kappa shape index (κ1) is 8.88. The molecule has 69 valence electrons. The predicted octanol–water partition coefficient (Wildman–Crippen LogP) is 1.70. The quantitative estimate of drug-likeness (QED) is 0.623. The Labute approximate surface area is 82.3 Å². The van der Waals surface area contributed by atoms with Crippen molar-refractivity contribution in [3.05, 3.63) is 47.6 Å². The predicted molar refractivity (Wildman–Crippen MR) is 52.4 cm³/mol. The van der Waals surface area contributed by atoms with E-state index in [0.717, 1.165) is 11.1 Å². The van der Waals surface area contributed by atoms with E-state index in [1.54, 1.807) is 12.2 Å². The largest absolute Gasteiger partial charge is 0.295 e. The van der Waals surface area contributed by atoms with Gasteiger partial charge in [0.2, 0.25) is 0 Å². The van der Waals surface area contributed by atoms with Crippen molar-refractivity contribution in [2.75, 3.05) is 0 Å². The fourth-order valence-corrected chi connectivity index (χ4v) is 1.41. The van der Waals surface area contributed by atoms with Crippen LogP contribution in [0.3, 0.4) is 0 Å². The van der Waals surface area contributed by atoms with Gasteiger partial charge in [-0.2, -0.15) is 0 Å². The Morgan fingerprint density at radius 3 is 2.36 bits per heavy atom. The van der Waals surface area contributed by atoms with E-state index in [-0.39, 0.29) is 11.6 Å². The Balaban J connectivity index is 2.18. The van der Waals surface area contributed by atoms with Crippen LogP contribution in [0.2, 0.25) is 0 Å². The average Bonchev–Trinajstić information content (AvgIpc) is 2.21. The van der Waals surface area contributed by atoms with Gasteiger partial charge in [0.05, 0.1) is 0 Å². The van der Waals surface area contributed by atoms with Crippen LogP contribution in [0.1, 0.15) is 12.8 Å². The van der Waals surface area contributed by atoms with E-state index in [0.29, 0.717) is 12.8 Å². The minimum atomic E-state index is 0.0743. The van der Waals surface area contributed by atoms with Crippen molar-refractivity contribution in [1.82, 2.24) is 0 Å². The summed E-state index contributed by atoms with van der Waals surface area (Å²) in [5.41, 5.74) is 1.89. The number of hydrogen-bond acceptors (Lipinski definition) is 2. The molecular weight excluding hydrogens is 176 g/mol. The SMILES string of the molecule is O=C1C=[C]C(C2=CCC(=O)C=C2)=CC1. The molecule has 0 bridgehead atoms. The normalized spacial score (nSPS) is 20.9. The first-order chi connectivity index (χ1) is 6.75. The molecule has 0 fully saturated rings. The molecule has 0 atom stereocenters. The first-order valence-corrected chi connectivity index (χ1v) is 4.50. The number of carbonyl (C=O) groups is 2. The Morgan fingerprint density at radius 2 is 1.79 bits per heavy atom. The van der Waals surface area contributed by atoms with E-state index in [9.17, 15) is 9.59 Å². The number of allylic oxidation sites excluding steroid dienone is 8. The van der Waals surface area contributed by atoms with Gasteiger partial charge in [-0.05, 0) is 29.4 Å². The van der Waals surface area contributed by atoms with Gasteiger partial charge < -0.3 is 0 Å². The second-order valence-corrected chi connectivity index (χ2v) is 3.24. The van der Waals surface area contributed by atoms with Gasteiger partial charge in [-0.3, -0.25) is 9.59 Å². The second kappa shape index (κ2) is 3.58. The molecule has 0 aliphatic heterocycles. The van der Waals surface area contributed by atoms with E-state index in [4.69, 9.17) is 0 Å². The van der Waals surface area contributed by atoms with Crippen LogP contribution in [0.4, 0.5) is 0 Å². The van der Waals surface area contributed by atoms with Crippen LogP contribution >= 0.6 is 0 Å². The molecule has 0 saturated heterocycles. The smallest absolute Gasteiger partial charge is 0.160 e. The van der Waals surface area contributed by atoms with Gasteiger partial charge in [0.15, 0.2) is 11.6 Å². The van der Waals surface area contributed by atoms with Crippen LogP contribution in [0.25, 0.3) is 0 Å². The summed E-state index contributed by atoms with van der Waals surface area (Å²) in [5, 5.41) is 0. The molecule has 14 heavy (non-hydrogen) atoms. The highest BCUT2D eigenvalue weighted by Crippen LogP contribution is 2.20. The van der Waals surface area contributed by atoms with E-state index in [2.05, 4.69) is 6.08 Å². The summed E-state index contributed by atoms with van der Waals surface area (Å²) in [6.07, 6.45) is 12.3. The monoisotopic (exact) mass is 185 g/mol. The third-order valence-corrected chi connectivity index (χ3v) is 2.18. The standard InChI is InChI=1S/C12H9O2/c13-11-5-1-9(2-6-11)10-3-7-12(14)8-4-10/h1-3,5,8H,6-7H2. The summed E-state index contributed by atoms with van der Waals surface area (Å²) >= 11 is 0. The molecule has 2 nitrogen and oxygen atoms in total. The van der Waals surface area contributed by atoms with Crippen LogP contribution in [0.5, 0.6) is 0 Å². The average molecular weight is 185 g/mol. The zero-order chi connectivity index (χ0) is 9.97. The lowest BCUT2D eigenvalue weighted by Gasteiger charge is -2.09. The highest BCUT2D eigenvalue weighted by atomic mass is 16.1. The van der Waals surface area contributed by atoms with E-state index in [1.165, 1.54) is 6.08 Å². The van der Waals surface area contributed by atoms with Gasteiger partial charge in [-0.25, -0.2) is 0 Å². The molecular formula is C12H9O2. The Hall–Kier alpha value is -1.70. The summed E-state index contributed by atoms with van der Waals surface area (Å²) in [5.74, 6) is 0.190. The lowest BCUT2D eigenvalue weighted by Crippen LogP contribution is -2.02. The van der Waals surface area contributed by atoms with Gasteiger partial charge in [0.25, 0.3) is 0 Å². The summed E-state index contributed by atoms with van der Waals surface area (Å²) < 4.78 is 0. The number of hydrogen-bond donors (Lipinski definition) is 0. The van der Waals surface area contributed by atoms with Crippen LogP contribution < -0.4 is 0 Å². The minimum absolute atomic E-state index is 0.0743. The summed E-state index contributed by atoms with van der Waals surface area (Å²) in [7, 11) is 0. The second-order valence-electron chi connectivity index (χ2n) is 3.24. The number of ketones is 2. The molecule has 2 aliphatic carbocycles. The maximum absolute atomic E-state index is 10.9. The Kier molecular flexibility index (Phi) is 2.27. The minimum Gasteiger partial charge on any atom is -0.295 e. The van der Waals surface area contributed by atoms with E-state index >= 15 is 0 Å². The molecule has 2 rings (SSSR count). The molecule has 0 aromatic carbocycles. The van der Waals surface area contributed by atoms with E-state index in [1.807, 2.05) is 12.2 Å². The maximum Gasteiger partial charge on any atom is 0.160 e. The number of carbonyl (C=O) groups excluding carboxylic acids is 2.